The Balaban J connectivity index is 2.75. The molecule has 0 aliphatic carbocycles. The van der Waals surface area contributed by atoms with Crippen LogP contribution in [0.4, 0.5) is 5.69 Å². The molecule has 6 nitrogen and oxygen atoms in total. The molecule has 19 heavy (non-hydrogen) atoms. The average Bonchev–Trinajstić information content (AvgIpc) is 2.34. The van der Waals surface area contributed by atoms with Crippen LogP contribution in [0.1, 0.15) is 25.8 Å². The van der Waals surface area contributed by atoms with Crippen molar-refractivity contribution < 1.29 is 14.8 Å². The predicted octanol–water partition coefficient (Wildman–Crippen LogP) is 2.28. The van der Waals surface area contributed by atoms with Gasteiger partial charge in [0.15, 0.2) is 0 Å². The Kier molecular flexibility index (Phi) is 5.44. The van der Waals surface area contributed by atoms with E-state index in [1.165, 1.54) is 12.1 Å². The van der Waals surface area contributed by atoms with Gasteiger partial charge >= 0.3 is 5.97 Å². The molecule has 0 heterocycles. The van der Waals surface area contributed by atoms with Crippen molar-refractivity contribution >= 4 is 11.7 Å². The molecule has 1 aromatic carbocycles. The van der Waals surface area contributed by atoms with E-state index in [4.69, 9.17) is 5.11 Å². The second-order valence-electron chi connectivity index (χ2n) is 4.63. The number of nitro groups is 1. The van der Waals surface area contributed by atoms with Crippen molar-refractivity contribution in [2.24, 2.45) is 0 Å². The lowest BCUT2D eigenvalue weighted by molar-refractivity contribution is -0.384. The highest BCUT2D eigenvalue weighted by Gasteiger charge is 2.13. The molecular weight excluding hydrogens is 248 g/mol. The van der Waals surface area contributed by atoms with Crippen molar-refractivity contribution in [2.75, 3.05) is 6.54 Å². The molecule has 0 aromatic heterocycles. The van der Waals surface area contributed by atoms with Crippen LogP contribution in [0, 0.1) is 10.1 Å². The number of hydrogen-bond acceptors (Lipinski definition) is 4. The molecule has 0 aliphatic rings. The minimum absolute atomic E-state index is 0.0550. The summed E-state index contributed by atoms with van der Waals surface area (Å²) >= 11 is 0. The van der Waals surface area contributed by atoms with Gasteiger partial charge in [-0.05, 0) is 19.4 Å². The van der Waals surface area contributed by atoms with Gasteiger partial charge in [0.2, 0.25) is 0 Å². The third-order valence-corrected chi connectivity index (χ3v) is 2.85. The van der Waals surface area contributed by atoms with Gasteiger partial charge in [-0.25, -0.2) is 0 Å². The summed E-state index contributed by atoms with van der Waals surface area (Å²) in [6.45, 7) is 4.88. The topological polar surface area (TPSA) is 83.7 Å². The van der Waals surface area contributed by atoms with Gasteiger partial charge in [0.25, 0.3) is 5.69 Å². The molecule has 0 unspecified atom stereocenters. The first kappa shape index (κ1) is 15.1. The van der Waals surface area contributed by atoms with Gasteiger partial charge in [0, 0.05) is 31.3 Å². The summed E-state index contributed by atoms with van der Waals surface area (Å²) in [4.78, 5) is 22.9. The lowest BCUT2D eigenvalue weighted by Gasteiger charge is -2.25. The van der Waals surface area contributed by atoms with Crippen molar-refractivity contribution in [3.05, 3.63) is 39.9 Å². The number of carboxylic acid groups (broad SMARTS) is 1. The molecule has 0 aliphatic heterocycles. The molecule has 0 fully saturated rings. The van der Waals surface area contributed by atoms with Crippen LogP contribution in [0.25, 0.3) is 0 Å². The van der Waals surface area contributed by atoms with Crippen LogP contribution in [0.2, 0.25) is 0 Å². The van der Waals surface area contributed by atoms with Gasteiger partial charge in [-0.2, -0.15) is 0 Å². The van der Waals surface area contributed by atoms with E-state index in [2.05, 4.69) is 0 Å². The summed E-state index contributed by atoms with van der Waals surface area (Å²) in [5.41, 5.74) is 0.868. The molecule has 0 saturated carbocycles. The summed E-state index contributed by atoms with van der Waals surface area (Å²) in [6.07, 6.45) is 0.0626. The molecule has 0 spiro atoms. The molecule has 0 radical (unpaired) electrons. The summed E-state index contributed by atoms with van der Waals surface area (Å²) in [5.74, 6) is -0.843. The molecule has 0 atom stereocenters. The van der Waals surface area contributed by atoms with E-state index in [0.29, 0.717) is 13.1 Å². The number of carbonyl (C=O) groups is 1. The van der Waals surface area contributed by atoms with Crippen LogP contribution in [-0.4, -0.2) is 33.5 Å². The number of carboxylic acids is 1. The summed E-state index contributed by atoms with van der Waals surface area (Å²) in [6, 6.07) is 6.60. The van der Waals surface area contributed by atoms with E-state index in [1.54, 1.807) is 6.07 Å². The summed E-state index contributed by atoms with van der Waals surface area (Å²) in [7, 11) is 0. The normalized spacial score (nSPS) is 10.9. The number of nitrogens with zero attached hydrogens (tertiary/aromatic N) is 2. The van der Waals surface area contributed by atoms with Crippen molar-refractivity contribution in [1.29, 1.82) is 0 Å². The first-order valence-corrected chi connectivity index (χ1v) is 6.09. The van der Waals surface area contributed by atoms with Crippen LogP contribution >= 0.6 is 0 Å². The van der Waals surface area contributed by atoms with Gasteiger partial charge < -0.3 is 5.11 Å². The molecule has 0 saturated heterocycles. The maximum Gasteiger partial charge on any atom is 0.304 e. The Labute approximate surface area is 111 Å². The monoisotopic (exact) mass is 266 g/mol. The van der Waals surface area contributed by atoms with E-state index < -0.39 is 10.9 Å². The third-order valence-electron chi connectivity index (χ3n) is 2.85. The molecule has 1 N–H and O–H groups in total. The molecule has 104 valence electrons. The van der Waals surface area contributed by atoms with Gasteiger partial charge in [-0.15, -0.1) is 0 Å². The zero-order chi connectivity index (χ0) is 14.4. The minimum Gasteiger partial charge on any atom is -0.481 e. The Bertz CT molecular complexity index is 460. The smallest absolute Gasteiger partial charge is 0.304 e. The standard InChI is InChI=1S/C13H18N2O4/c1-10(2)14(7-6-13(16)17)9-11-4-3-5-12(8-11)15(18)19/h3-5,8,10H,6-7,9H2,1-2H3,(H,16,17). The number of non-ortho nitro benzene ring substituents is 1. The molecule has 6 heteroatoms. The van der Waals surface area contributed by atoms with Crippen LogP contribution in [-0.2, 0) is 11.3 Å². The molecule has 1 aromatic rings. The second kappa shape index (κ2) is 6.84. The predicted molar refractivity (Wildman–Crippen MR) is 70.9 cm³/mol. The molecular formula is C13H18N2O4. The first-order chi connectivity index (χ1) is 8.90. The van der Waals surface area contributed by atoms with Gasteiger partial charge in [0.05, 0.1) is 11.3 Å². The minimum atomic E-state index is -0.843. The second-order valence-corrected chi connectivity index (χ2v) is 4.63. The molecule has 0 bridgehead atoms. The highest BCUT2D eigenvalue weighted by atomic mass is 16.6. The Morgan fingerprint density at radius 1 is 1.47 bits per heavy atom. The maximum absolute atomic E-state index is 10.7. The van der Waals surface area contributed by atoms with Gasteiger partial charge in [0.1, 0.15) is 0 Å². The lowest BCUT2D eigenvalue weighted by Crippen LogP contribution is -2.32. The fraction of sp³-hybridized carbons (Fsp3) is 0.462. The zero-order valence-electron chi connectivity index (χ0n) is 11.1. The van der Waals surface area contributed by atoms with Crippen molar-refractivity contribution in [2.45, 2.75) is 32.9 Å². The van der Waals surface area contributed by atoms with Crippen molar-refractivity contribution in [1.82, 2.24) is 4.90 Å². The SMILES string of the molecule is CC(C)N(CCC(=O)O)Cc1cccc([N+](=O)[O-])c1. The Hall–Kier alpha value is -1.95. The molecule has 1 rings (SSSR count). The average molecular weight is 266 g/mol. The Morgan fingerprint density at radius 2 is 2.16 bits per heavy atom. The van der Waals surface area contributed by atoms with E-state index in [9.17, 15) is 14.9 Å². The van der Waals surface area contributed by atoms with E-state index in [0.717, 1.165) is 5.56 Å². The summed E-state index contributed by atoms with van der Waals surface area (Å²) in [5, 5.41) is 19.4. The molecule has 0 amide bonds. The van der Waals surface area contributed by atoms with Crippen LogP contribution in [0.5, 0.6) is 0 Å². The summed E-state index contributed by atoms with van der Waals surface area (Å²) < 4.78 is 0. The number of nitro benzene ring substituents is 1. The number of aliphatic carboxylic acids is 1. The number of hydrogen-bond donors (Lipinski definition) is 1. The zero-order valence-corrected chi connectivity index (χ0v) is 11.1. The number of benzene rings is 1. The fourth-order valence-corrected chi connectivity index (χ4v) is 1.76. The van der Waals surface area contributed by atoms with E-state index in [1.807, 2.05) is 24.8 Å². The van der Waals surface area contributed by atoms with Crippen LogP contribution in [0.15, 0.2) is 24.3 Å². The number of rotatable bonds is 7. The van der Waals surface area contributed by atoms with Gasteiger partial charge in [-0.1, -0.05) is 12.1 Å². The first-order valence-electron chi connectivity index (χ1n) is 6.09. The third kappa shape index (κ3) is 5.05. The van der Waals surface area contributed by atoms with E-state index in [-0.39, 0.29) is 18.2 Å². The highest BCUT2D eigenvalue weighted by molar-refractivity contribution is 5.66. The van der Waals surface area contributed by atoms with Crippen LogP contribution in [0.3, 0.4) is 0 Å². The Morgan fingerprint density at radius 3 is 2.68 bits per heavy atom. The quantitative estimate of drug-likeness (QED) is 0.604. The lowest BCUT2D eigenvalue weighted by atomic mass is 10.1. The highest BCUT2D eigenvalue weighted by Crippen LogP contribution is 2.16. The van der Waals surface area contributed by atoms with Gasteiger partial charge in [-0.3, -0.25) is 19.8 Å². The fourth-order valence-electron chi connectivity index (χ4n) is 1.76. The largest absolute Gasteiger partial charge is 0.481 e. The van der Waals surface area contributed by atoms with Crippen molar-refractivity contribution in [3.8, 4) is 0 Å². The van der Waals surface area contributed by atoms with Crippen LogP contribution < -0.4 is 0 Å². The van der Waals surface area contributed by atoms with E-state index >= 15 is 0 Å². The maximum atomic E-state index is 10.7. The van der Waals surface area contributed by atoms with Crippen molar-refractivity contribution in [3.63, 3.8) is 0 Å².